The van der Waals surface area contributed by atoms with E-state index in [-0.39, 0.29) is 5.82 Å². The molecule has 3 rings (SSSR count). The number of nitrogens with zero attached hydrogens (tertiary/aromatic N) is 1. The van der Waals surface area contributed by atoms with Crippen LogP contribution in [0.25, 0.3) is 0 Å². The summed E-state index contributed by atoms with van der Waals surface area (Å²) in [4.78, 5) is 16.7. The Balaban J connectivity index is 1.85. The molecule has 7 nitrogen and oxygen atoms in total. The van der Waals surface area contributed by atoms with Crippen LogP contribution in [0.4, 0.5) is 10.6 Å². The molecule has 0 unspecified atom stereocenters. The molecule has 166 valence electrons. The van der Waals surface area contributed by atoms with Crippen molar-refractivity contribution < 1.29 is 23.6 Å². The van der Waals surface area contributed by atoms with Crippen LogP contribution in [0, 0.1) is 0 Å². The van der Waals surface area contributed by atoms with Gasteiger partial charge in [0.25, 0.3) is 0 Å². The summed E-state index contributed by atoms with van der Waals surface area (Å²) in [6, 6.07) is 11.5. The number of hydrogen-bond donors (Lipinski definition) is 1. The first-order valence-corrected chi connectivity index (χ1v) is 10.4. The fraction of sp³-hybridized carbons (Fsp3) is 0.478. The number of amides is 1. The smallest absolute Gasteiger partial charge is 0.485 e. The van der Waals surface area contributed by atoms with Gasteiger partial charge in [-0.1, -0.05) is 30.3 Å². The summed E-state index contributed by atoms with van der Waals surface area (Å²) in [5.41, 5.74) is 0.118. The van der Waals surface area contributed by atoms with Crippen LogP contribution in [0.2, 0.25) is 0 Å². The van der Waals surface area contributed by atoms with Gasteiger partial charge in [0, 0.05) is 11.7 Å². The topological polar surface area (TPSA) is 78.9 Å². The van der Waals surface area contributed by atoms with E-state index in [1.807, 2.05) is 58.0 Å². The van der Waals surface area contributed by atoms with Crippen molar-refractivity contribution >= 4 is 24.5 Å². The second-order valence-corrected chi connectivity index (χ2v) is 9.60. The van der Waals surface area contributed by atoms with E-state index in [0.29, 0.717) is 17.8 Å². The summed E-state index contributed by atoms with van der Waals surface area (Å²) < 4.78 is 23.6. The predicted molar refractivity (Wildman–Crippen MR) is 121 cm³/mol. The van der Waals surface area contributed by atoms with Crippen molar-refractivity contribution in [1.29, 1.82) is 0 Å². The van der Waals surface area contributed by atoms with Crippen LogP contribution in [0.1, 0.15) is 54.0 Å². The third kappa shape index (κ3) is 5.77. The lowest BCUT2D eigenvalue weighted by Gasteiger charge is -2.32. The Hall–Kier alpha value is -2.58. The number of ether oxygens (including phenoxy) is 2. The summed E-state index contributed by atoms with van der Waals surface area (Å²) in [6.07, 6.45) is 1.01. The maximum absolute atomic E-state index is 12.3. The molecular formula is C23H31BN2O5. The van der Waals surface area contributed by atoms with Crippen molar-refractivity contribution in [2.75, 3.05) is 5.32 Å². The number of benzene rings is 1. The number of aromatic nitrogens is 1. The second kappa shape index (κ2) is 8.51. The van der Waals surface area contributed by atoms with Crippen molar-refractivity contribution in [2.24, 2.45) is 0 Å². The summed E-state index contributed by atoms with van der Waals surface area (Å²) in [7, 11) is -0.591. The molecule has 1 fully saturated rings. The lowest BCUT2D eigenvalue weighted by Crippen LogP contribution is -2.41. The minimum Gasteiger partial charge on any atom is -0.485 e. The van der Waals surface area contributed by atoms with Crippen molar-refractivity contribution in [2.45, 2.75) is 71.9 Å². The number of carbonyl (C=O) groups excluding carboxylic acids is 1. The van der Waals surface area contributed by atoms with E-state index in [0.717, 1.165) is 5.56 Å². The Kier molecular flexibility index (Phi) is 6.34. The molecule has 0 aliphatic carbocycles. The van der Waals surface area contributed by atoms with Crippen LogP contribution in [-0.2, 0) is 20.7 Å². The van der Waals surface area contributed by atoms with Crippen molar-refractivity contribution in [1.82, 2.24) is 4.98 Å². The molecule has 1 aliphatic heterocycles. The normalized spacial score (nSPS) is 17.3. The zero-order valence-electron chi connectivity index (χ0n) is 19.3. The van der Waals surface area contributed by atoms with Gasteiger partial charge in [-0.05, 0) is 60.1 Å². The average Bonchev–Trinajstić information content (AvgIpc) is 2.87. The number of carbonyl (C=O) groups is 1. The van der Waals surface area contributed by atoms with E-state index < -0.39 is 30.0 Å². The highest BCUT2D eigenvalue weighted by Gasteiger charge is 2.52. The second-order valence-electron chi connectivity index (χ2n) is 9.60. The highest BCUT2D eigenvalue weighted by molar-refractivity contribution is 6.62. The van der Waals surface area contributed by atoms with Crippen LogP contribution < -0.4 is 15.5 Å². The zero-order chi connectivity index (χ0) is 22.9. The van der Waals surface area contributed by atoms with Crippen LogP contribution in [-0.4, -0.2) is 35.0 Å². The number of pyridine rings is 1. The van der Waals surface area contributed by atoms with Gasteiger partial charge in [-0.3, -0.25) is 5.32 Å². The SMILES string of the molecule is CC(C)(C)OC(=O)Nc1ncc(B2OC(C)(C)C(C)(C)O2)cc1OCc1ccccc1. The average molecular weight is 426 g/mol. The van der Waals surface area contributed by atoms with E-state index in [2.05, 4.69) is 10.3 Å². The molecule has 0 radical (unpaired) electrons. The maximum atomic E-state index is 12.3. The predicted octanol–water partition coefficient (Wildman–Crippen LogP) is 4.31. The molecule has 1 aromatic carbocycles. The molecule has 1 aliphatic rings. The van der Waals surface area contributed by atoms with E-state index in [1.165, 1.54) is 0 Å². The van der Waals surface area contributed by atoms with Gasteiger partial charge >= 0.3 is 13.2 Å². The first kappa shape index (κ1) is 23.1. The van der Waals surface area contributed by atoms with E-state index in [4.69, 9.17) is 18.8 Å². The fourth-order valence-corrected chi connectivity index (χ4v) is 2.91. The lowest BCUT2D eigenvalue weighted by atomic mass is 9.80. The van der Waals surface area contributed by atoms with E-state index >= 15 is 0 Å². The highest BCUT2D eigenvalue weighted by Crippen LogP contribution is 2.37. The Bertz CT molecular complexity index is 909. The third-order valence-electron chi connectivity index (χ3n) is 5.26. The molecule has 31 heavy (non-hydrogen) atoms. The molecule has 0 saturated carbocycles. The minimum atomic E-state index is -0.627. The summed E-state index contributed by atoms with van der Waals surface area (Å²) in [5.74, 6) is 0.673. The standard InChI is InChI=1S/C23H31BN2O5/c1-21(2,3)29-20(27)26-19-18(28-15-16-11-9-8-10-12-16)13-17(14-25-19)24-30-22(4,5)23(6,7)31-24/h8-14H,15H2,1-7H3,(H,25,26,27). The maximum Gasteiger partial charge on any atom is 0.496 e. The summed E-state index contributed by atoms with van der Waals surface area (Å²) >= 11 is 0. The van der Waals surface area contributed by atoms with Crippen molar-refractivity contribution in [3.05, 3.63) is 48.2 Å². The van der Waals surface area contributed by atoms with Gasteiger partial charge in [-0.15, -0.1) is 0 Å². The molecule has 0 spiro atoms. The molecule has 1 N–H and O–H groups in total. The van der Waals surface area contributed by atoms with Gasteiger partial charge in [0.15, 0.2) is 11.6 Å². The Morgan fingerprint density at radius 2 is 1.71 bits per heavy atom. The van der Waals surface area contributed by atoms with Crippen molar-refractivity contribution in [3.8, 4) is 5.75 Å². The highest BCUT2D eigenvalue weighted by atomic mass is 16.7. The quantitative estimate of drug-likeness (QED) is 0.718. The first-order chi connectivity index (χ1) is 14.4. The third-order valence-corrected chi connectivity index (χ3v) is 5.26. The molecule has 1 amide bonds. The molecule has 0 bridgehead atoms. The van der Waals surface area contributed by atoms with Crippen LogP contribution in [0.5, 0.6) is 5.75 Å². The molecule has 1 aromatic heterocycles. The number of rotatable bonds is 5. The fourth-order valence-electron chi connectivity index (χ4n) is 2.91. The molecule has 1 saturated heterocycles. The molecule has 2 heterocycles. The van der Waals surface area contributed by atoms with Gasteiger partial charge in [0.2, 0.25) is 0 Å². The monoisotopic (exact) mass is 426 g/mol. The van der Waals surface area contributed by atoms with Crippen molar-refractivity contribution in [3.63, 3.8) is 0 Å². The van der Waals surface area contributed by atoms with Gasteiger partial charge < -0.3 is 18.8 Å². The molecule has 0 atom stereocenters. The minimum absolute atomic E-state index is 0.269. The number of hydrogen-bond acceptors (Lipinski definition) is 6. The van der Waals surface area contributed by atoms with E-state index in [9.17, 15) is 4.79 Å². The van der Waals surface area contributed by atoms with Gasteiger partial charge in [0.1, 0.15) is 12.2 Å². The molecule has 8 heteroatoms. The summed E-state index contributed by atoms with van der Waals surface area (Å²) in [6.45, 7) is 13.7. The number of nitrogens with one attached hydrogen (secondary N) is 1. The Morgan fingerprint density at radius 3 is 2.29 bits per heavy atom. The molecular weight excluding hydrogens is 395 g/mol. The van der Waals surface area contributed by atoms with E-state index in [1.54, 1.807) is 33.0 Å². The van der Waals surface area contributed by atoms with Gasteiger partial charge in [0.05, 0.1) is 11.2 Å². The van der Waals surface area contributed by atoms with Gasteiger partial charge in [-0.2, -0.15) is 0 Å². The van der Waals surface area contributed by atoms with Crippen LogP contribution in [0.3, 0.4) is 0 Å². The first-order valence-electron chi connectivity index (χ1n) is 10.4. The van der Waals surface area contributed by atoms with Gasteiger partial charge in [-0.25, -0.2) is 9.78 Å². The van der Waals surface area contributed by atoms with Crippen LogP contribution in [0.15, 0.2) is 42.6 Å². The lowest BCUT2D eigenvalue weighted by molar-refractivity contribution is 0.00578. The molecule has 2 aromatic rings. The summed E-state index contributed by atoms with van der Waals surface area (Å²) in [5, 5.41) is 2.67. The zero-order valence-corrected chi connectivity index (χ0v) is 19.3. The Morgan fingerprint density at radius 1 is 1.10 bits per heavy atom. The largest absolute Gasteiger partial charge is 0.496 e. The Labute approximate surface area is 184 Å². The van der Waals surface area contributed by atoms with Crippen LogP contribution >= 0.6 is 0 Å². The number of anilines is 1.